The highest BCUT2D eigenvalue weighted by atomic mass is 79.9. The smallest absolute Gasteiger partial charge is 0.256 e. The van der Waals surface area contributed by atoms with Crippen molar-refractivity contribution >= 4 is 38.9 Å². The first-order valence-electron chi connectivity index (χ1n) is 4.45. The summed E-state index contributed by atoms with van der Waals surface area (Å²) in [6.07, 6.45) is 0. The number of carbonyl (C=O) groups is 1. The molecule has 1 aromatic heterocycles. The second-order valence-electron chi connectivity index (χ2n) is 3.10. The Morgan fingerprint density at radius 1 is 1.38 bits per heavy atom. The SMILES string of the molecule is O=C(Nc1ccc(F)c(Br)c1)c1ccsc1. The molecule has 0 fully saturated rings. The first-order valence-corrected chi connectivity index (χ1v) is 6.19. The molecular weight excluding hydrogens is 293 g/mol. The summed E-state index contributed by atoms with van der Waals surface area (Å²) in [7, 11) is 0. The van der Waals surface area contributed by atoms with Gasteiger partial charge in [0, 0.05) is 11.1 Å². The molecular formula is C11H7BrFNOS. The zero-order valence-electron chi connectivity index (χ0n) is 8.04. The third-order valence-electron chi connectivity index (χ3n) is 1.96. The van der Waals surface area contributed by atoms with E-state index in [0.717, 1.165) is 0 Å². The molecule has 0 atom stereocenters. The molecule has 2 aromatic rings. The maximum atomic E-state index is 13.0. The molecule has 1 N–H and O–H groups in total. The van der Waals surface area contributed by atoms with Crippen molar-refractivity contribution in [2.24, 2.45) is 0 Å². The Kier molecular flexibility index (Phi) is 3.36. The highest BCUT2D eigenvalue weighted by Gasteiger charge is 2.07. The maximum Gasteiger partial charge on any atom is 0.256 e. The van der Waals surface area contributed by atoms with Gasteiger partial charge in [-0.05, 0) is 45.6 Å². The molecule has 2 rings (SSSR count). The van der Waals surface area contributed by atoms with E-state index in [1.807, 2.05) is 5.38 Å². The summed E-state index contributed by atoms with van der Waals surface area (Å²) >= 11 is 4.51. The molecule has 5 heteroatoms. The predicted octanol–water partition coefficient (Wildman–Crippen LogP) is 3.90. The number of thiophene rings is 1. The van der Waals surface area contributed by atoms with Crippen molar-refractivity contribution in [2.45, 2.75) is 0 Å². The van der Waals surface area contributed by atoms with Gasteiger partial charge in [0.2, 0.25) is 0 Å². The van der Waals surface area contributed by atoms with Gasteiger partial charge in [0.15, 0.2) is 0 Å². The second kappa shape index (κ2) is 4.76. The zero-order chi connectivity index (χ0) is 11.5. The van der Waals surface area contributed by atoms with Crippen LogP contribution in [0.5, 0.6) is 0 Å². The number of rotatable bonds is 2. The van der Waals surface area contributed by atoms with E-state index in [-0.39, 0.29) is 11.7 Å². The van der Waals surface area contributed by atoms with Crippen LogP contribution in [0.15, 0.2) is 39.5 Å². The number of hydrogen-bond donors (Lipinski definition) is 1. The molecule has 0 aliphatic carbocycles. The van der Waals surface area contributed by atoms with Gasteiger partial charge in [0.05, 0.1) is 10.0 Å². The van der Waals surface area contributed by atoms with Crippen LogP contribution in [0.3, 0.4) is 0 Å². The average molecular weight is 300 g/mol. The van der Waals surface area contributed by atoms with Crippen molar-refractivity contribution in [3.05, 3.63) is 50.9 Å². The number of carbonyl (C=O) groups excluding carboxylic acids is 1. The van der Waals surface area contributed by atoms with E-state index < -0.39 is 0 Å². The van der Waals surface area contributed by atoms with Crippen molar-refractivity contribution in [1.29, 1.82) is 0 Å². The number of nitrogens with one attached hydrogen (secondary N) is 1. The topological polar surface area (TPSA) is 29.1 Å². The Labute approximate surface area is 104 Å². The van der Waals surface area contributed by atoms with E-state index in [2.05, 4.69) is 21.2 Å². The summed E-state index contributed by atoms with van der Waals surface area (Å²) in [5.41, 5.74) is 1.16. The summed E-state index contributed by atoms with van der Waals surface area (Å²) in [6, 6.07) is 6.08. The molecule has 16 heavy (non-hydrogen) atoms. The molecule has 1 heterocycles. The Morgan fingerprint density at radius 3 is 2.81 bits per heavy atom. The van der Waals surface area contributed by atoms with Gasteiger partial charge in [0.1, 0.15) is 5.82 Å². The van der Waals surface area contributed by atoms with Crippen LogP contribution in [0, 0.1) is 5.82 Å². The lowest BCUT2D eigenvalue weighted by molar-refractivity contribution is 0.102. The number of hydrogen-bond acceptors (Lipinski definition) is 2. The van der Waals surface area contributed by atoms with Crippen LogP contribution in [0.2, 0.25) is 0 Å². The molecule has 1 aromatic carbocycles. The molecule has 0 radical (unpaired) electrons. The average Bonchev–Trinajstić information content (AvgIpc) is 2.77. The number of anilines is 1. The normalized spacial score (nSPS) is 10.1. The zero-order valence-corrected chi connectivity index (χ0v) is 10.4. The van der Waals surface area contributed by atoms with Gasteiger partial charge in [-0.2, -0.15) is 11.3 Å². The summed E-state index contributed by atoms with van der Waals surface area (Å²) in [6.45, 7) is 0. The van der Waals surface area contributed by atoms with Crippen LogP contribution >= 0.6 is 27.3 Å². The second-order valence-corrected chi connectivity index (χ2v) is 4.73. The molecule has 0 aliphatic heterocycles. The van der Waals surface area contributed by atoms with E-state index in [1.165, 1.54) is 29.5 Å². The molecule has 1 amide bonds. The molecule has 0 spiro atoms. The Morgan fingerprint density at radius 2 is 2.19 bits per heavy atom. The molecule has 0 saturated heterocycles. The fourth-order valence-electron chi connectivity index (χ4n) is 1.17. The van der Waals surface area contributed by atoms with Crippen molar-refractivity contribution in [2.75, 3.05) is 5.32 Å². The van der Waals surface area contributed by atoms with Crippen LogP contribution in [0.25, 0.3) is 0 Å². The maximum absolute atomic E-state index is 13.0. The lowest BCUT2D eigenvalue weighted by Crippen LogP contribution is -2.10. The van der Waals surface area contributed by atoms with Crippen LogP contribution < -0.4 is 5.32 Å². The fraction of sp³-hybridized carbons (Fsp3) is 0. The first kappa shape index (κ1) is 11.3. The monoisotopic (exact) mass is 299 g/mol. The van der Waals surface area contributed by atoms with Gasteiger partial charge in [0.25, 0.3) is 5.91 Å². The first-order chi connectivity index (χ1) is 7.66. The Balaban J connectivity index is 2.15. The summed E-state index contributed by atoms with van der Waals surface area (Å²) in [4.78, 5) is 11.7. The minimum atomic E-state index is -0.353. The third-order valence-corrected chi connectivity index (χ3v) is 3.25. The largest absolute Gasteiger partial charge is 0.322 e. The number of benzene rings is 1. The van der Waals surface area contributed by atoms with Crippen molar-refractivity contribution in [1.82, 2.24) is 0 Å². The lowest BCUT2D eigenvalue weighted by atomic mass is 10.2. The van der Waals surface area contributed by atoms with Gasteiger partial charge in [-0.15, -0.1) is 0 Å². The fourth-order valence-corrected chi connectivity index (χ4v) is 2.19. The molecule has 2 nitrogen and oxygen atoms in total. The quantitative estimate of drug-likeness (QED) is 0.895. The minimum Gasteiger partial charge on any atom is -0.322 e. The summed E-state index contributed by atoms with van der Waals surface area (Å²) in [5.74, 6) is -0.548. The molecule has 82 valence electrons. The van der Waals surface area contributed by atoms with Gasteiger partial charge < -0.3 is 5.32 Å². The predicted molar refractivity (Wildman–Crippen MR) is 66.4 cm³/mol. The molecule has 0 saturated carbocycles. The Bertz CT molecular complexity index is 513. The van der Waals surface area contributed by atoms with Crippen LogP contribution in [-0.2, 0) is 0 Å². The highest BCUT2D eigenvalue weighted by Crippen LogP contribution is 2.20. The number of halogens is 2. The van der Waals surface area contributed by atoms with Crippen molar-refractivity contribution < 1.29 is 9.18 Å². The minimum absolute atomic E-state index is 0.195. The molecule has 0 aliphatic rings. The highest BCUT2D eigenvalue weighted by molar-refractivity contribution is 9.10. The van der Waals surface area contributed by atoms with Crippen molar-refractivity contribution in [3.8, 4) is 0 Å². The molecule has 0 bridgehead atoms. The van der Waals surface area contributed by atoms with E-state index in [9.17, 15) is 9.18 Å². The van der Waals surface area contributed by atoms with E-state index >= 15 is 0 Å². The summed E-state index contributed by atoms with van der Waals surface area (Å²) in [5, 5.41) is 6.27. The van der Waals surface area contributed by atoms with Crippen molar-refractivity contribution in [3.63, 3.8) is 0 Å². The number of amides is 1. The van der Waals surface area contributed by atoms with Crippen LogP contribution in [0.1, 0.15) is 10.4 Å². The lowest BCUT2D eigenvalue weighted by Gasteiger charge is -2.04. The standard InChI is InChI=1S/C11H7BrFNOS/c12-9-5-8(1-2-10(9)13)14-11(15)7-3-4-16-6-7/h1-6H,(H,14,15). The Hall–Kier alpha value is -1.20. The summed E-state index contributed by atoms with van der Waals surface area (Å²) < 4.78 is 13.3. The van der Waals surface area contributed by atoms with E-state index in [4.69, 9.17) is 0 Å². The van der Waals surface area contributed by atoms with E-state index in [0.29, 0.717) is 15.7 Å². The third kappa shape index (κ3) is 2.48. The van der Waals surface area contributed by atoms with Crippen LogP contribution in [0.4, 0.5) is 10.1 Å². The van der Waals surface area contributed by atoms with Crippen LogP contribution in [-0.4, -0.2) is 5.91 Å². The van der Waals surface area contributed by atoms with E-state index in [1.54, 1.807) is 11.4 Å². The van der Waals surface area contributed by atoms with Gasteiger partial charge >= 0.3 is 0 Å². The molecule has 0 unspecified atom stereocenters. The van der Waals surface area contributed by atoms with Gasteiger partial charge in [-0.25, -0.2) is 4.39 Å². The van der Waals surface area contributed by atoms with Gasteiger partial charge in [-0.1, -0.05) is 0 Å². The van der Waals surface area contributed by atoms with Gasteiger partial charge in [-0.3, -0.25) is 4.79 Å².